The summed E-state index contributed by atoms with van der Waals surface area (Å²) in [4.78, 5) is 25.7. The number of likely N-dealkylation sites (tertiary alicyclic amines) is 1. The van der Waals surface area contributed by atoms with Crippen LogP contribution in [0.1, 0.15) is 25.3 Å². The highest BCUT2D eigenvalue weighted by atomic mass is 16.5. The number of nitrogens with zero attached hydrogens (tertiary/aromatic N) is 5. The molecular weight excluding hydrogens is 412 g/mol. The number of hydrogen-bond donors (Lipinski definition) is 3. The minimum atomic E-state index is -0.891. The van der Waals surface area contributed by atoms with Crippen molar-refractivity contribution in [2.75, 3.05) is 26.3 Å². The standard InChI is InChI=1S/C21H30N8O3/c1-21(14-25-31)17-12-23-19(29(22)16-7-9-32-10-8-16)26-18(17)13-28(21)20(30)27-24-11-15-5-3-2-4-6-15/h2-6,12,16,18-19,23,26H,7-11,13-14,22H2,1H3. The fraction of sp³-hybridized carbons (Fsp3) is 0.571. The van der Waals surface area contributed by atoms with Crippen molar-refractivity contribution in [2.24, 2.45) is 21.2 Å². The summed E-state index contributed by atoms with van der Waals surface area (Å²) < 4.78 is 5.42. The van der Waals surface area contributed by atoms with Crippen LogP contribution in [0.4, 0.5) is 4.79 Å². The van der Waals surface area contributed by atoms with Crippen molar-refractivity contribution >= 4 is 6.03 Å². The number of amides is 2. The second-order valence-electron chi connectivity index (χ2n) is 8.52. The third-order valence-electron chi connectivity index (χ3n) is 6.48. The zero-order valence-electron chi connectivity index (χ0n) is 18.2. The molecule has 3 aliphatic rings. The summed E-state index contributed by atoms with van der Waals surface area (Å²) in [5.41, 5.74) is 0.947. The molecule has 0 aromatic heterocycles. The largest absolute Gasteiger partial charge is 0.381 e. The van der Waals surface area contributed by atoms with Crippen LogP contribution >= 0.6 is 0 Å². The summed E-state index contributed by atoms with van der Waals surface area (Å²) in [6, 6.07) is 9.11. The lowest BCUT2D eigenvalue weighted by Gasteiger charge is -2.41. The maximum absolute atomic E-state index is 12.9. The maximum atomic E-state index is 12.9. The first-order chi connectivity index (χ1) is 15.5. The van der Waals surface area contributed by atoms with Gasteiger partial charge in [0, 0.05) is 32.0 Å². The van der Waals surface area contributed by atoms with Crippen LogP contribution in [0.25, 0.3) is 0 Å². The third kappa shape index (κ3) is 4.56. The number of nitrogens with two attached hydrogens (primary N) is 1. The van der Waals surface area contributed by atoms with Crippen LogP contribution < -0.4 is 16.5 Å². The van der Waals surface area contributed by atoms with Crippen molar-refractivity contribution in [2.45, 2.75) is 50.2 Å². The Morgan fingerprint density at radius 1 is 1.31 bits per heavy atom. The van der Waals surface area contributed by atoms with E-state index >= 15 is 0 Å². The average molecular weight is 443 g/mol. The molecule has 2 saturated heterocycles. The van der Waals surface area contributed by atoms with Crippen LogP contribution in [-0.2, 0) is 11.3 Å². The van der Waals surface area contributed by atoms with Gasteiger partial charge in [0.1, 0.15) is 12.8 Å². The van der Waals surface area contributed by atoms with E-state index in [1.807, 2.05) is 43.5 Å². The molecule has 3 unspecified atom stereocenters. The van der Waals surface area contributed by atoms with E-state index in [1.54, 1.807) is 9.91 Å². The molecule has 32 heavy (non-hydrogen) atoms. The van der Waals surface area contributed by atoms with Crippen LogP contribution in [0.3, 0.4) is 0 Å². The monoisotopic (exact) mass is 442 g/mol. The first-order valence-electron chi connectivity index (χ1n) is 10.9. The van der Waals surface area contributed by atoms with Crippen LogP contribution in [0.15, 0.2) is 57.5 Å². The number of rotatable bonds is 6. The highest BCUT2D eigenvalue weighted by molar-refractivity contribution is 5.77. The fourth-order valence-electron chi connectivity index (χ4n) is 4.59. The van der Waals surface area contributed by atoms with Crippen molar-refractivity contribution < 1.29 is 9.53 Å². The van der Waals surface area contributed by atoms with Crippen LogP contribution in [0.5, 0.6) is 0 Å². The Morgan fingerprint density at radius 2 is 2.06 bits per heavy atom. The molecular formula is C21H30N8O3. The third-order valence-corrected chi connectivity index (χ3v) is 6.48. The van der Waals surface area contributed by atoms with Crippen LogP contribution in [0.2, 0.25) is 0 Å². The smallest absolute Gasteiger partial charge is 0.362 e. The number of azo groups is 1. The lowest BCUT2D eigenvalue weighted by atomic mass is 9.90. The quantitative estimate of drug-likeness (QED) is 0.264. The van der Waals surface area contributed by atoms with E-state index < -0.39 is 11.6 Å². The Morgan fingerprint density at radius 3 is 2.78 bits per heavy atom. The van der Waals surface area contributed by atoms with E-state index in [2.05, 4.69) is 26.0 Å². The van der Waals surface area contributed by atoms with Crippen molar-refractivity contribution in [3.63, 3.8) is 0 Å². The van der Waals surface area contributed by atoms with Gasteiger partial charge in [-0.05, 0) is 30.9 Å². The molecule has 0 aliphatic carbocycles. The Labute approximate surface area is 187 Å². The molecule has 4 rings (SSSR count). The molecule has 2 amide bonds. The number of nitroso groups, excluding NO2 is 1. The van der Waals surface area contributed by atoms with Gasteiger partial charge in [-0.25, -0.2) is 9.80 Å². The Bertz CT molecular complexity index is 873. The van der Waals surface area contributed by atoms with Crippen molar-refractivity contribution in [3.05, 3.63) is 52.6 Å². The predicted molar refractivity (Wildman–Crippen MR) is 118 cm³/mol. The molecule has 11 heteroatoms. The first kappa shape index (κ1) is 22.5. The molecule has 2 fully saturated rings. The number of fused-ring (bicyclic) bond motifs is 1. The van der Waals surface area contributed by atoms with E-state index in [0.717, 1.165) is 24.0 Å². The van der Waals surface area contributed by atoms with Gasteiger partial charge >= 0.3 is 6.03 Å². The van der Waals surface area contributed by atoms with Gasteiger partial charge < -0.3 is 15.0 Å². The van der Waals surface area contributed by atoms with Crippen LogP contribution in [0, 0.1) is 4.91 Å². The van der Waals surface area contributed by atoms with Gasteiger partial charge in [0.05, 0.1) is 18.1 Å². The second kappa shape index (κ2) is 9.82. The van der Waals surface area contributed by atoms with E-state index in [9.17, 15) is 9.70 Å². The molecule has 0 bridgehead atoms. The average Bonchev–Trinajstić information content (AvgIpc) is 3.11. The van der Waals surface area contributed by atoms with E-state index in [4.69, 9.17) is 10.6 Å². The molecule has 4 N–H and O–H groups in total. The molecule has 0 spiro atoms. The van der Waals surface area contributed by atoms with Gasteiger partial charge in [-0.2, -0.15) is 10.0 Å². The molecule has 172 valence electrons. The summed E-state index contributed by atoms with van der Waals surface area (Å²) >= 11 is 0. The topological polar surface area (TPSA) is 137 Å². The summed E-state index contributed by atoms with van der Waals surface area (Å²) in [6.45, 7) is 3.79. The van der Waals surface area contributed by atoms with E-state index in [-0.39, 0.29) is 24.9 Å². The predicted octanol–water partition coefficient (Wildman–Crippen LogP) is 1.68. The summed E-state index contributed by atoms with van der Waals surface area (Å²) in [7, 11) is 0. The number of carbonyl (C=O) groups is 1. The number of benzene rings is 1. The van der Waals surface area contributed by atoms with Crippen molar-refractivity contribution in [3.8, 4) is 0 Å². The van der Waals surface area contributed by atoms with Crippen molar-refractivity contribution in [1.82, 2.24) is 20.5 Å². The lowest BCUT2D eigenvalue weighted by Crippen LogP contribution is -2.65. The molecule has 1 aromatic rings. The Balaban J connectivity index is 1.46. The zero-order chi connectivity index (χ0) is 22.6. The zero-order valence-corrected chi connectivity index (χ0v) is 18.2. The first-order valence-corrected chi connectivity index (χ1v) is 10.9. The lowest BCUT2D eigenvalue weighted by molar-refractivity contribution is 0.000472. The Kier molecular flexibility index (Phi) is 6.89. The van der Waals surface area contributed by atoms with Crippen LogP contribution in [-0.4, -0.2) is 66.2 Å². The van der Waals surface area contributed by atoms with Gasteiger partial charge in [-0.1, -0.05) is 40.6 Å². The summed E-state index contributed by atoms with van der Waals surface area (Å²) in [6.07, 6.45) is 3.27. The van der Waals surface area contributed by atoms with Gasteiger partial charge in [-0.3, -0.25) is 11.2 Å². The number of ether oxygens (including phenoxy) is 1. The van der Waals surface area contributed by atoms with Gasteiger partial charge in [-0.15, -0.1) is 0 Å². The van der Waals surface area contributed by atoms with Gasteiger partial charge in [0.2, 0.25) is 0 Å². The maximum Gasteiger partial charge on any atom is 0.362 e. The second-order valence-corrected chi connectivity index (χ2v) is 8.52. The highest BCUT2D eigenvalue weighted by Gasteiger charge is 2.51. The molecule has 11 nitrogen and oxygen atoms in total. The minimum Gasteiger partial charge on any atom is -0.381 e. The van der Waals surface area contributed by atoms with Crippen molar-refractivity contribution in [1.29, 1.82) is 0 Å². The molecule has 3 aliphatic heterocycles. The molecule has 1 aromatic carbocycles. The molecule has 0 saturated carbocycles. The summed E-state index contributed by atoms with van der Waals surface area (Å²) in [5.74, 6) is 6.39. The number of nitrogens with one attached hydrogen (secondary N) is 2. The molecule has 0 radical (unpaired) electrons. The van der Waals surface area contributed by atoms with E-state index in [0.29, 0.717) is 26.3 Å². The number of hydrogen-bond acceptors (Lipinski definition) is 9. The van der Waals surface area contributed by atoms with E-state index in [1.165, 1.54) is 0 Å². The number of carbonyl (C=O) groups excluding carboxylic acids is 1. The van der Waals surface area contributed by atoms with Gasteiger partial charge in [0.25, 0.3) is 0 Å². The minimum absolute atomic E-state index is 0.0738. The molecule has 3 heterocycles. The highest BCUT2D eigenvalue weighted by Crippen LogP contribution is 2.37. The number of urea groups is 1. The number of hydrazine groups is 1. The fourth-order valence-corrected chi connectivity index (χ4v) is 4.59. The van der Waals surface area contributed by atoms with Gasteiger partial charge in [0.15, 0.2) is 0 Å². The summed E-state index contributed by atoms with van der Waals surface area (Å²) in [5, 5.41) is 19.6. The SMILES string of the molecule is CC1(CN=O)C2=CNC(N(N)C3CCOCC3)NC2CN1C(=O)N=NCc1ccccc1. The Hall–Kier alpha value is -2.73. The normalized spacial score (nSPS) is 28.5. The molecule has 3 atom stereocenters.